The molecule has 0 bridgehead atoms. The minimum absolute atomic E-state index is 0.00317. The van der Waals surface area contributed by atoms with Crippen molar-refractivity contribution < 1.29 is 22.8 Å². The zero-order valence-electron chi connectivity index (χ0n) is 12.4. The number of aromatic nitrogens is 1. The molecule has 0 radical (unpaired) electrons. The van der Waals surface area contributed by atoms with Crippen molar-refractivity contribution in [3.8, 4) is 0 Å². The van der Waals surface area contributed by atoms with Gasteiger partial charge in [-0.2, -0.15) is 0 Å². The second-order valence-corrected chi connectivity index (χ2v) is 5.17. The van der Waals surface area contributed by atoms with Crippen LogP contribution in [-0.4, -0.2) is 16.4 Å². The van der Waals surface area contributed by atoms with E-state index in [1.807, 2.05) is 0 Å². The van der Waals surface area contributed by atoms with Crippen LogP contribution < -0.4 is 5.32 Å². The molecule has 0 aliphatic heterocycles. The van der Waals surface area contributed by atoms with E-state index in [2.05, 4.69) is 5.32 Å². The zero-order chi connectivity index (χ0) is 17.4. The summed E-state index contributed by atoms with van der Waals surface area (Å²) in [5.74, 6) is -3.40. The van der Waals surface area contributed by atoms with Gasteiger partial charge in [0.05, 0.1) is 16.8 Å². The van der Waals surface area contributed by atoms with Gasteiger partial charge in [-0.1, -0.05) is 0 Å². The van der Waals surface area contributed by atoms with E-state index >= 15 is 0 Å². The first-order valence-electron chi connectivity index (χ1n) is 6.95. The standard InChI is InChI=1S/C17H11F3N2O2/c1-9(23)22-8-13(12-6-10(18)3-5-16(12)22)17(24)21-15-4-2-11(19)7-14(15)20/h2-8H,1H3,(H,21,24). The van der Waals surface area contributed by atoms with E-state index in [4.69, 9.17) is 0 Å². The molecule has 0 aliphatic carbocycles. The lowest BCUT2D eigenvalue weighted by Crippen LogP contribution is -2.13. The molecule has 1 N–H and O–H groups in total. The van der Waals surface area contributed by atoms with Crippen LogP contribution in [0.25, 0.3) is 10.9 Å². The molecule has 0 aliphatic rings. The van der Waals surface area contributed by atoms with Crippen molar-refractivity contribution in [1.82, 2.24) is 4.57 Å². The van der Waals surface area contributed by atoms with E-state index in [0.29, 0.717) is 11.6 Å². The van der Waals surface area contributed by atoms with Crippen LogP contribution in [0.4, 0.5) is 18.9 Å². The molecular weight excluding hydrogens is 321 g/mol. The SMILES string of the molecule is CC(=O)n1cc(C(=O)Nc2ccc(F)cc2F)c2cc(F)ccc21. The number of rotatable bonds is 2. The second-order valence-electron chi connectivity index (χ2n) is 5.17. The summed E-state index contributed by atoms with van der Waals surface area (Å²) in [7, 11) is 0. The Morgan fingerprint density at radius 2 is 1.67 bits per heavy atom. The third-order valence-electron chi connectivity index (χ3n) is 3.53. The minimum atomic E-state index is -0.940. The van der Waals surface area contributed by atoms with Crippen molar-refractivity contribution in [2.45, 2.75) is 6.92 Å². The van der Waals surface area contributed by atoms with Gasteiger partial charge in [-0.15, -0.1) is 0 Å². The molecule has 1 heterocycles. The topological polar surface area (TPSA) is 51.1 Å². The molecule has 0 saturated carbocycles. The van der Waals surface area contributed by atoms with Crippen LogP contribution in [0.1, 0.15) is 22.1 Å². The Labute approximate surface area is 134 Å². The number of benzene rings is 2. The zero-order valence-corrected chi connectivity index (χ0v) is 12.4. The summed E-state index contributed by atoms with van der Waals surface area (Å²) in [4.78, 5) is 24.1. The van der Waals surface area contributed by atoms with Crippen molar-refractivity contribution in [3.63, 3.8) is 0 Å². The molecule has 122 valence electrons. The van der Waals surface area contributed by atoms with E-state index in [1.54, 1.807) is 0 Å². The monoisotopic (exact) mass is 332 g/mol. The molecule has 4 nitrogen and oxygen atoms in total. The number of fused-ring (bicyclic) bond motifs is 1. The fourth-order valence-corrected chi connectivity index (χ4v) is 2.42. The largest absolute Gasteiger partial charge is 0.319 e. The van der Waals surface area contributed by atoms with Crippen molar-refractivity contribution in [2.75, 3.05) is 5.32 Å². The summed E-state index contributed by atoms with van der Waals surface area (Å²) in [5.41, 5.74) is 0.138. The Hall–Kier alpha value is -3.09. The molecule has 24 heavy (non-hydrogen) atoms. The average Bonchev–Trinajstić information content (AvgIpc) is 2.89. The number of amides is 1. The first-order valence-corrected chi connectivity index (χ1v) is 6.95. The molecule has 1 aromatic heterocycles. The van der Waals surface area contributed by atoms with Gasteiger partial charge >= 0.3 is 0 Å². The molecule has 7 heteroatoms. The highest BCUT2D eigenvalue weighted by molar-refractivity contribution is 6.14. The van der Waals surface area contributed by atoms with E-state index in [0.717, 1.165) is 18.2 Å². The number of halogens is 3. The van der Waals surface area contributed by atoms with Crippen molar-refractivity contribution in [2.24, 2.45) is 0 Å². The Bertz CT molecular complexity index is 979. The first kappa shape index (κ1) is 15.8. The Morgan fingerprint density at radius 3 is 2.33 bits per heavy atom. The smallest absolute Gasteiger partial charge is 0.257 e. The number of carbonyl (C=O) groups excluding carboxylic acids is 2. The molecule has 0 spiro atoms. The molecule has 0 atom stereocenters. The van der Waals surface area contributed by atoms with Gasteiger partial charge in [-0.3, -0.25) is 14.2 Å². The fraction of sp³-hybridized carbons (Fsp3) is 0.0588. The van der Waals surface area contributed by atoms with Crippen LogP contribution in [0.3, 0.4) is 0 Å². The second kappa shape index (κ2) is 5.84. The third kappa shape index (κ3) is 2.76. The molecule has 0 unspecified atom stereocenters. The highest BCUT2D eigenvalue weighted by Crippen LogP contribution is 2.24. The van der Waals surface area contributed by atoms with E-state index in [9.17, 15) is 22.8 Å². The number of hydrogen-bond acceptors (Lipinski definition) is 2. The van der Waals surface area contributed by atoms with Gasteiger partial charge < -0.3 is 5.32 Å². The summed E-state index contributed by atoms with van der Waals surface area (Å²) in [6.07, 6.45) is 1.25. The summed E-state index contributed by atoms with van der Waals surface area (Å²) >= 11 is 0. The average molecular weight is 332 g/mol. The van der Waals surface area contributed by atoms with Gasteiger partial charge in [0.1, 0.15) is 17.5 Å². The lowest BCUT2D eigenvalue weighted by molar-refractivity contribution is 0.0941. The first-order chi connectivity index (χ1) is 11.4. The lowest BCUT2D eigenvalue weighted by atomic mass is 10.1. The quantitative estimate of drug-likeness (QED) is 0.772. The molecule has 0 fully saturated rings. The molecular formula is C17H11F3N2O2. The summed E-state index contributed by atoms with van der Waals surface area (Å²) < 4.78 is 41.3. The van der Waals surface area contributed by atoms with Gasteiger partial charge in [0.2, 0.25) is 5.91 Å². The van der Waals surface area contributed by atoms with Crippen LogP contribution in [0, 0.1) is 17.5 Å². The predicted molar refractivity (Wildman–Crippen MR) is 82.5 cm³/mol. The fourth-order valence-electron chi connectivity index (χ4n) is 2.42. The van der Waals surface area contributed by atoms with Gasteiger partial charge in [-0.05, 0) is 30.3 Å². The number of nitrogens with one attached hydrogen (secondary N) is 1. The van der Waals surface area contributed by atoms with E-state index in [1.165, 1.54) is 29.8 Å². The highest BCUT2D eigenvalue weighted by atomic mass is 19.1. The Kier molecular flexibility index (Phi) is 3.84. The normalized spacial score (nSPS) is 10.8. The van der Waals surface area contributed by atoms with Crippen LogP contribution in [0.2, 0.25) is 0 Å². The minimum Gasteiger partial charge on any atom is -0.319 e. The van der Waals surface area contributed by atoms with E-state index < -0.39 is 23.4 Å². The van der Waals surface area contributed by atoms with Crippen LogP contribution in [-0.2, 0) is 0 Å². The maximum atomic E-state index is 13.7. The Morgan fingerprint density at radius 1 is 1.00 bits per heavy atom. The molecule has 3 aromatic rings. The number of hydrogen-bond donors (Lipinski definition) is 1. The lowest BCUT2D eigenvalue weighted by Gasteiger charge is -2.05. The van der Waals surface area contributed by atoms with E-state index in [-0.39, 0.29) is 22.5 Å². The predicted octanol–water partition coefficient (Wildman–Crippen LogP) is 3.97. The van der Waals surface area contributed by atoms with Crippen LogP contribution in [0.5, 0.6) is 0 Å². The van der Waals surface area contributed by atoms with Gasteiger partial charge in [0, 0.05) is 24.6 Å². The number of anilines is 1. The molecule has 2 aromatic carbocycles. The summed E-state index contributed by atoms with van der Waals surface area (Å²) in [6.45, 7) is 1.30. The Balaban J connectivity index is 2.06. The maximum absolute atomic E-state index is 13.7. The highest BCUT2D eigenvalue weighted by Gasteiger charge is 2.18. The van der Waals surface area contributed by atoms with Gasteiger partial charge in [-0.25, -0.2) is 13.2 Å². The van der Waals surface area contributed by atoms with Crippen LogP contribution in [0.15, 0.2) is 42.6 Å². The summed E-state index contributed by atoms with van der Waals surface area (Å²) in [6, 6.07) is 6.37. The number of carbonyl (C=O) groups is 2. The number of nitrogens with zero attached hydrogens (tertiary/aromatic N) is 1. The maximum Gasteiger partial charge on any atom is 0.257 e. The van der Waals surface area contributed by atoms with Gasteiger partial charge in [0.25, 0.3) is 5.91 Å². The van der Waals surface area contributed by atoms with Crippen molar-refractivity contribution >= 4 is 28.4 Å². The van der Waals surface area contributed by atoms with Gasteiger partial charge in [0.15, 0.2) is 0 Å². The van der Waals surface area contributed by atoms with Crippen molar-refractivity contribution in [3.05, 3.63) is 65.6 Å². The molecule has 3 rings (SSSR count). The van der Waals surface area contributed by atoms with Crippen molar-refractivity contribution in [1.29, 1.82) is 0 Å². The third-order valence-corrected chi connectivity index (χ3v) is 3.53. The van der Waals surface area contributed by atoms with Crippen LogP contribution >= 0.6 is 0 Å². The summed E-state index contributed by atoms with van der Waals surface area (Å²) in [5, 5.41) is 2.50. The molecule has 1 amide bonds. The molecule has 0 saturated heterocycles.